The molecule has 8 heteroatoms. The molecule has 2 unspecified atom stereocenters. The minimum Gasteiger partial charge on any atom is -0.338 e. The van der Waals surface area contributed by atoms with E-state index in [0.717, 1.165) is 29.8 Å². The van der Waals surface area contributed by atoms with Crippen molar-refractivity contribution in [3.05, 3.63) is 47.8 Å². The Hall–Kier alpha value is -2.35. The lowest BCUT2D eigenvalue weighted by Gasteiger charge is -2.34. The third kappa shape index (κ3) is 3.75. The molecule has 5 nitrogen and oxygen atoms in total. The summed E-state index contributed by atoms with van der Waals surface area (Å²) in [6.45, 7) is 3.12. The Kier molecular flexibility index (Phi) is 5.04. The van der Waals surface area contributed by atoms with Crippen molar-refractivity contribution in [3.63, 3.8) is 0 Å². The largest absolute Gasteiger partial charge is 0.433 e. The van der Waals surface area contributed by atoms with Crippen molar-refractivity contribution in [1.29, 1.82) is 0 Å². The van der Waals surface area contributed by atoms with Crippen molar-refractivity contribution in [2.75, 3.05) is 13.1 Å². The van der Waals surface area contributed by atoms with Gasteiger partial charge in [-0.05, 0) is 49.9 Å². The van der Waals surface area contributed by atoms with Gasteiger partial charge in [-0.2, -0.15) is 18.3 Å². The van der Waals surface area contributed by atoms with Crippen LogP contribution in [-0.4, -0.2) is 39.7 Å². The summed E-state index contributed by atoms with van der Waals surface area (Å²) in [5.74, 6) is 0.0387. The first-order chi connectivity index (χ1) is 12.3. The molecule has 1 aromatic heterocycles. The lowest BCUT2D eigenvalue weighted by molar-refractivity contribution is -0.142. The molecule has 3 rings (SSSR count). The van der Waals surface area contributed by atoms with Gasteiger partial charge in [-0.25, -0.2) is 4.68 Å². The van der Waals surface area contributed by atoms with E-state index in [1.54, 1.807) is 17.0 Å². The first kappa shape index (κ1) is 18.4. The number of hydrogen-bond acceptors (Lipinski definition) is 3. The maximum absolute atomic E-state index is 13.1. The zero-order valence-corrected chi connectivity index (χ0v) is 14.4. The molecular formula is C18H21F3N4O. The maximum Gasteiger partial charge on any atom is 0.433 e. The van der Waals surface area contributed by atoms with Gasteiger partial charge < -0.3 is 10.6 Å². The molecule has 1 aliphatic heterocycles. The summed E-state index contributed by atoms with van der Waals surface area (Å²) in [4.78, 5) is 14.5. The summed E-state index contributed by atoms with van der Waals surface area (Å²) in [6, 6.07) is 7.03. The Morgan fingerprint density at radius 3 is 2.81 bits per heavy atom. The Labute approximate surface area is 149 Å². The first-order valence-electron chi connectivity index (χ1n) is 8.54. The lowest BCUT2D eigenvalue weighted by Crippen LogP contribution is -2.45. The van der Waals surface area contributed by atoms with E-state index in [4.69, 9.17) is 5.73 Å². The van der Waals surface area contributed by atoms with Crippen LogP contribution in [-0.2, 0) is 6.18 Å². The van der Waals surface area contributed by atoms with Gasteiger partial charge in [0.1, 0.15) is 5.69 Å². The molecule has 2 heterocycles. The van der Waals surface area contributed by atoms with Crippen LogP contribution in [0, 0.1) is 5.92 Å². The summed E-state index contributed by atoms with van der Waals surface area (Å²) >= 11 is 0. The van der Waals surface area contributed by atoms with Gasteiger partial charge >= 0.3 is 6.18 Å². The highest BCUT2D eigenvalue weighted by molar-refractivity contribution is 5.94. The molecular weight excluding hydrogens is 345 g/mol. The van der Waals surface area contributed by atoms with Gasteiger partial charge in [0.2, 0.25) is 0 Å². The number of amides is 1. The molecule has 1 aliphatic rings. The predicted octanol–water partition coefficient (Wildman–Crippen LogP) is 3.09. The van der Waals surface area contributed by atoms with Crippen LogP contribution in [0.5, 0.6) is 0 Å². The van der Waals surface area contributed by atoms with Crippen molar-refractivity contribution in [1.82, 2.24) is 14.7 Å². The summed E-state index contributed by atoms with van der Waals surface area (Å²) in [5.41, 5.74) is 5.63. The smallest absolute Gasteiger partial charge is 0.338 e. The number of benzene rings is 1. The van der Waals surface area contributed by atoms with E-state index < -0.39 is 11.9 Å². The van der Waals surface area contributed by atoms with Crippen molar-refractivity contribution < 1.29 is 18.0 Å². The second-order valence-corrected chi connectivity index (χ2v) is 6.69. The molecule has 2 atom stereocenters. The van der Waals surface area contributed by atoms with Gasteiger partial charge in [-0.3, -0.25) is 4.79 Å². The molecule has 0 bridgehead atoms. The zero-order chi connectivity index (χ0) is 18.9. The van der Waals surface area contributed by atoms with Gasteiger partial charge in [0.15, 0.2) is 0 Å². The van der Waals surface area contributed by atoms with Crippen LogP contribution in [0.15, 0.2) is 36.5 Å². The maximum atomic E-state index is 13.1. The van der Waals surface area contributed by atoms with Crippen LogP contribution < -0.4 is 5.73 Å². The second-order valence-electron chi connectivity index (χ2n) is 6.69. The number of likely N-dealkylation sites (tertiary alicyclic amines) is 1. The molecule has 1 saturated heterocycles. The standard InChI is InChI=1S/C18H21F3N4O/c1-12(22)14-5-3-9-24(11-14)17(26)13-4-2-6-15(10-13)25-16(7-8-23-25)18(19,20)21/h2,4,6-8,10,12,14H,3,5,9,11,22H2,1H3. The van der Waals surface area contributed by atoms with Gasteiger partial charge in [0.25, 0.3) is 5.91 Å². The summed E-state index contributed by atoms with van der Waals surface area (Å²) in [6.07, 6.45) is -1.58. The SMILES string of the molecule is CC(N)C1CCCN(C(=O)c2cccc(-n3nccc3C(F)(F)F)c2)C1. The number of piperidine rings is 1. The van der Waals surface area contributed by atoms with Gasteiger partial charge in [0.05, 0.1) is 11.9 Å². The highest BCUT2D eigenvalue weighted by Crippen LogP contribution is 2.30. The van der Waals surface area contributed by atoms with E-state index in [0.29, 0.717) is 18.7 Å². The van der Waals surface area contributed by atoms with E-state index in [1.165, 1.54) is 12.1 Å². The number of halogens is 3. The van der Waals surface area contributed by atoms with Gasteiger partial charge in [-0.15, -0.1) is 0 Å². The Morgan fingerprint density at radius 2 is 2.12 bits per heavy atom. The summed E-state index contributed by atoms with van der Waals surface area (Å²) in [7, 11) is 0. The molecule has 1 amide bonds. The molecule has 0 aliphatic carbocycles. The number of aromatic nitrogens is 2. The predicted molar refractivity (Wildman–Crippen MR) is 90.8 cm³/mol. The van der Waals surface area contributed by atoms with Crippen LogP contribution in [0.25, 0.3) is 5.69 Å². The molecule has 0 saturated carbocycles. The molecule has 0 spiro atoms. The monoisotopic (exact) mass is 366 g/mol. The zero-order valence-electron chi connectivity index (χ0n) is 14.4. The fourth-order valence-electron chi connectivity index (χ4n) is 3.30. The van der Waals surface area contributed by atoms with Crippen LogP contribution >= 0.6 is 0 Å². The molecule has 1 aromatic carbocycles. The summed E-state index contributed by atoms with van der Waals surface area (Å²) in [5, 5.41) is 3.76. The quantitative estimate of drug-likeness (QED) is 0.908. The highest BCUT2D eigenvalue weighted by atomic mass is 19.4. The Balaban J connectivity index is 1.86. The van der Waals surface area contributed by atoms with Crippen LogP contribution in [0.2, 0.25) is 0 Å². The minimum absolute atomic E-state index is 0.00430. The van der Waals surface area contributed by atoms with E-state index >= 15 is 0 Å². The molecule has 1 fully saturated rings. The summed E-state index contributed by atoms with van der Waals surface area (Å²) < 4.78 is 40.1. The Morgan fingerprint density at radius 1 is 1.35 bits per heavy atom. The van der Waals surface area contributed by atoms with Crippen LogP contribution in [0.3, 0.4) is 0 Å². The van der Waals surface area contributed by atoms with Gasteiger partial charge in [-0.1, -0.05) is 6.07 Å². The third-order valence-electron chi connectivity index (χ3n) is 4.76. The molecule has 2 aromatic rings. The topological polar surface area (TPSA) is 64.2 Å². The van der Waals surface area contributed by atoms with Crippen LogP contribution in [0.1, 0.15) is 35.8 Å². The van der Waals surface area contributed by atoms with Crippen molar-refractivity contribution in [2.24, 2.45) is 11.7 Å². The fourth-order valence-corrected chi connectivity index (χ4v) is 3.30. The third-order valence-corrected chi connectivity index (χ3v) is 4.76. The number of alkyl halides is 3. The molecule has 2 N–H and O–H groups in total. The number of carbonyl (C=O) groups excluding carboxylic acids is 1. The highest BCUT2D eigenvalue weighted by Gasteiger charge is 2.35. The lowest BCUT2D eigenvalue weighted by atomic mass is 9.92. The van der Waals surface area contributed by atoms with E-state index in [-0.39, 0.29) is 23.6 Å². The first-order valence-corrected chi connectivity index (χ1v) is 8.54. The van der Waals surface area contributed by atoms with Crippen LogP contribution in [0.4, 0.5) is 13.2 Å². The normalized spacial score (nSPS) is 19.4. The molecule has 140 valence electrons. The van der Waals surface area contributed by atoms with E-state index in [2.05, 4.69) is 5.10 Å². The average Bonchev–Trinajstić information content (AvgIpc) is 3.11. The molecule has 0 radical (unpaired) electrons. The van der Waals surface area contributed by atoms with Crippen molar-refractivity contribution in [2.45, 2.75) is 32.0 Å². The number of nitrogens with two attached hydrogens (primary N) is 1. The van der Waals surface area contributed by atoms with Crippen molar-refractivity contribution >= 4 is 5.91 Å². The minimum atomic E-state index is -4.52. The van der Waals surface area contributed by atoms with Crippen molar-refractivity contribution in [3.8, 4) is 5.69 Å². The van der Waals surface area contributed by atoms with Gasteiger partial charge in [0, 0.05) is 24.7 Å². The van der Waals surface area contributed by atoms with E-state index in [1.807, 2.05) is 6.92 Å². The number of carbonyl (C=O) groups is 1. The number of rotatable bonds is 3. The molecule has 26 heavy (non-hydrogen) atoms. The number of hydrogen-bond donors (Lipinski definition) is 1. The number of nitrogens with zero attached hydrogens (tertiary/aromatic N) is 3. The second kappa shape index (κ2) is 7.11. The fraction of sp³-hybridized carbons (Fsp3) is 0.444. The Bertz CT molecular complexity index is 785. The average molecular weight is 366 g/mol. The van der Waals surface area contributed by atoms with E-state index in [9.17, 15) is 18.0 Å².